The van der Waals surface area contributed by atoms with Gasteiger partial charge in [0.1, 0.15) is 12.4 Å². The molecule has 4 nitrogen and oxygen atoms in total. The first-order valence-corrected chi connectivity index (χ1v) is 7.90. The highest BCUT2D eigenvalue weighted by Crippen LogP contribution is 2.20. The van der Waals surface area contributed by atoms with Crippen molar-refractivity contribution < 1.29 is 9.53 Å². The van der Waals surface area contributed by atoms with Gasteiger partial charge < -0.3 is 15.4 Å². The molecule has 21 heavy (non-hydrogen) atoms. The lowest BCUT2D eigenvalue weighted by atomic mass is 9.96. The van der Waals surface area contributed by atoms with Crippen molar-refractivity contribution in [2.45, 2.75) is 52.0 Å². The maximum atomic E-state index is 11.8. The van der Waals surface area contributed by atoms with Crippen molar-refractivity contribution in [2.24, 2.45) is 0 Å². The van der Waals surface area contributed by atoms with Gasteiger partial charge in [-0.3, -0.25) is 0 Å². The summed E-state index contributed by atoms with van der Waals surface area (Å²) in [6, 6.07) is 6.29. The van der Waals surface area contributed by atoms with Crippen LogP contribution in [0.3, 0.4) is 0 Å². The Morgan fingerprint density at radius 1 is 1.24 bits per heavy atom. The van der Waals surface area contributed by atoms with Gasteiger partial charge in [0.25, 0.3) is 0 Å². The fraction of sp³-hybridized carbons (Fsp3) is 0.588. The Morgan fingerprint density at radius 2 is 2.00 bits per heavy atom. The molecular weight excluding hydrogens is 264 g/mol. The Labute approximate surface area is 127 Å². The Morgan fingerprint density at radius 3 is 2.76 bits per heavy atom. The second kappa shape index (κ2) is 7.91. The summed E-state index contributed by atoms with van der Waals surface area (Å²) in [7, 11) is 0. The number of aryl methyl sites for hydroxylation is 1. The van der Waals surface area contributed by atoms with Crippen LogP contribution in [-0.4, -0.2) is 25.2 Å². The zero-order valence-corrected chi connectivity index (χ0v) is 13.1. The van der Waals surface area contributed by atoms with Gasteiger partial charge in [-0.15, -0.1) is 0 Å². The molecule has 2 amide bonds. The summed E-state index contributed by atoms with van der Waals surface area (Å²) in [4.78, 5) is 11.8. The second-order valence-corrected chi connectivity index (χ2v) is 5.78. The zero-order valence-electron chi connectivity index (χ0n) is 13.1. The number of hydrogen-bond acceptors (Lipinski definition) is 2. The van der Waals surface area contributed by atoms with E-state index in [0.717, 1.165) is 24.2 Å². The monoisotopic (exact) mass is 290 g/mol. The summed E-state index contributed by atoms with van der Waals surface area (Å²) >= 11 is 0. The highest BCUT2D eigenvalue weighted by Gasteiger charge is 2.15. The van der Waals surface area contributed by atoms with Crippen molar-refractivity contribution in [3.63, 3.8) is 0 Å². The van der Waals surface area contributed by atoms with E-state index >= 15 is 0 Å². The van der Waals surface area contributed by atoms with E-state index in [9.17, 15) is 4.79 Å². The van der Waals surface area contributed by atoms with Gasteiger partial charge in [0.05, 0.1) is 6.54 Å². The minimum Gasteiger partial charge on any atom is -0.491 e. The number of amides is 2. The van der Waals surface area contributed by atoms with Crippen molar-refractivity contribution in [3.8, 4) is 5.75 Å². The van der Waals surface area contributed by atoms with Crippen LogP contribution in [0.5, 0.6) is 5.75 Å². The van der Waals surface area contributed by atoms with Gasteiger partial charge in [-0.25, -0.2) is 4.79 Å². The largest absolute Gasteiger partial charge is 0.491 e. The smallest absolute Gasteiger partial charge is 0.315 e. The minimum absolute atomic E-state index is 0.0773. The third-order valence-electron chi connectivity index (χ3n) is 4.14. The molecule has 2 N–H and O–H groups in total. The van der Waals surface area contributed by atoms with Crippen LogP contribution in [-0.2, 0) is 0 Å². The maximum Gasteiger partial charge on any atom is 0.315 e. The fourth-order valence-electron chi connectivity index (χ4n) is 2.69. The molecule has 1 fully saturated rings. The number of benzene rings is 1. The summed E-state index contributed by atoms with van der Waals surface area (Å²) in [5, 5.41) is 5.89. The number of urea groups is 1. The van der Waals surface area contributed by atoms with Crippen LogP contribution >= 0.6 is 0 Å². The van der Waals surface area contributed by atoms with Crippen LogP contribution in [0.2, 0.25) is 0 Å². The van der Waals surface area contributed by atoms with E-state index in [0.29, 0.717) is 19.2 Å². The minimum atomic E-state index is -0.0773. The maximum absolute atomic E-state index is 11.8. The molecule has 0 saturated heterocycles. The summed E-state index contributed by atoms with van der Waals surface area (Å²) < 4.78 is 5.72. The number of nitrogens with one attached hydrogen (secondary N) is 2. The lowest BCUT2D eigenvalue weighted by molar-refractivity contribution is 0.228. The normalized spacial score (nSPS) is 15.5. The van der Waals surface area contributed by atoms with E-state index in [1.54, 1.807) is 0 Å². The standard InChI is InChI=1S/C17H26N2O2/c1-13-7-6-10-16(14(13)2)21-12-11-18-17(20)19-15-8-4-3-5-9-15/h6-7,10,15H,3-5,8-9,11-12H2,1-2H3,(H2,18,19,20). The van der Waals surface area contributed by atoms with E-state index in [1.165, 1.54) is 24.8 Å². The number of carbonyl (C=O) groups is 1. The van der Waals surface area contributed by atoms with Crippen LogP contribution in [0.1, 0.15) is 43.2 Å². The molecule has 0 heterocycles. The fourth-order valence-corrected chi connectivity index (χ4v) is 2.69. The molecule has 0 aliphatic heterocycles. The van der Waals surface area contributed by atoms with Crippen molar-refractivity contribution in [2.75, 3.05) is 13.2 Å². The summed E-state index contributed by atoms with van der Waals surface area (Å²) in [5.74, 6) is 0.893. The topological polar surface area (TPSA) is 50.4 Å². The number of hydrogen-bond donors (Lipinski definition) is 2. The summed E-state index contributed by atoms with van der Waals surface area (Å²) in [5.41, 5.74) is 2.37. The predicted octanol–water partition coefficient (Wildman–Crippen LogP) is 3.31. The predicted molar refractivity (Wildman–Crippen MR) is 84.8 cm³/mol. The molecule has 1 aromatic carbocycles. The first-order chi connectivity index (χ1) is 10.2. The van der Waals surface area contributed by atoms with Gasteiger partial charge in [-0.2, -0.15) is 0 Å². The zero-order chi connectivity index (χ0) is 15.1. The molecule has 1 saturated carbocycles. The van der Waals surface area contributed by atoms with E-state index in [4.69, 9.17) is 4.74 Å². The van der Waals surface area contributed by atoms with Crippen molar-refractivity contribution in [1.29, 1.82) is 0 Å². The molecule has 0 unspecified atom stereocenters. The first kappa shape index (κ1) is 15.7. The molecule has 1 aliphatic carbocycles. The van der Waals surface area contributed by atoms with Crippen molar-refractivity contribution in [1.82, 2.24) is 10.6 Å². The van der Waals surface area contributed by atoms with Crippen LogP contribution in [0, 0.1) is 13.8 Å². The SMILES string of the molecule is Cc1cccc(OCCNC(=O)NC2CCCCC2)c1C. The average Bonchev–Trinajstić information content (AvgIpc) is 2.49. The molecular formula is C17H26N2O2. The number of ether oxygens (including phenoxy) is 1. The van der Waals surface area contributed by atoms with Gasteiger partial charge in [0.2, 0.25) is 0 Å². The average molecular weight is 290 g/mol. The van der Waals surface area contributed by atoms with Gasteiger partial charge in [0, 0.05) is 6.04 Å². The molecule has 0 bridgehead atoms. The van der Waals surface area contributed by atoms with Crippen LogP contribution < -0.4 is 15.4 Å². The van der Waals surface area contributed by atoms with Crippen LogP contribution in [0.4, 0.5) is 4.79 Å². The lowest BCUT2D eigenvalue weighted by Crippen LogP contribution is -2.44. The molecule has 4 heteroatoms. The third kappa shape index (κ3) is 4.96. The van der Waals surface area contributed by atoms with Crippen molar-refractivity contribution >= 4 is 6.03 Å². The first-order valence-electron chi connectivity index (χ1n) is 7.90. The molecule has 116 valence electrons. The lowest BCUT2D eigenvalue weighted by Gasteiger charge is -2.22. The molecule has 0 radical (unpaired) electrons. The molecule has 0 aromatic heterocycles. The van der Waals surface area contributed by atoms with Gasteiger partial charge in [-0.1, -0.05) is 31.4 Å². The third-order valence-corrected chi connectivity index (χ3v) is 4.14. The Bertz CT molecular complexity index is 468. The van der Waals surface area contributed by atoms with Gasteiger partial charge in [0.15, 0.2) is 0 Å². The van der Waals surface area contributed by atoms with E-state index in [1.807, 2.05) is 19.1 Å². The summed E-state index contributed by atoms with van der Waals surface area (Å²) in [6.07, 6.45) is 5.95. The highest BCUT2D eigenvalue weighted by molar-refractivity contribution is 5.74. The molecule has 2 rings (SSSR count). The van der Waals surface area contributed by atoms with Crippen LogP contribution in [0.25, 0.3) is 0 Å². The van der Waals surface area contributed by atoms with E-state index < -0.39 is 0 Å². The highest BCUT2D eigenvalue weighted by atomic mass is 16.5. The Balaban J connectivity index is 1.65. The summed E-state index contributed by atoms with van der Waals surface area (Å²) in [6.45, 7) is 5.13. The molecule has 1 aliphatic rings. The van der Waals surface area contributed by atoms with Gasteiger partial charge >= 0.3 is 6.03 Å². The van der Waals surface area contributed by atoms with Crippen LogP contribution in [0.15, 0.2) is 18.2 Å². The Hall–Kier alpha value is -1.71. The van der Waals surface area contributed by atoms with Gasteiger partial charge in [-0.05, 0) is 43.9 Å². The second-order valence-electron chi connectivity index (χ2n) is 5.78. The molecule has 1 aromatic rings. The molecule has 0 atom stereocenters. The van der Waals surface area contributed by atoms with E-state index in [-0.39, 0.29) is 6.03 Å². The molecule has 0 spiro atoms. The number of rotatable bonds is 5. The quantitative estimate of drug-likeness (QED) is 0.817. The van der Waals surface area contributed by atoms with Crippen molar-refractivity contribution in [3.05, 3.63) is 29.3 Å². The Kier molecular flexibility index (Phi) is 5.90. The van der Waals surface area contributed by atoms with E-state index in [2.05, 4.69) is 23.6 Å². The number of carbonyl (C=O) groups excluding carboxylic acids is 1.